The minimum absolute atomic E-state index is 0.0274. The molecule has 120 valence electrons. The Morgan fingerprint density at radius 3 is 2.33 bits per heavy atom. The summed E-state index contributed by atoms with van der Waals surface area (Å²) in [7, 11) is 0. The van der Waals surface area contributed by atoms with E-state index in [0.29, 0.717) is 13.0 Å². The number of nitrogens with one attached hydrogen (secondary N) is 1. The number of aliphatic carboxylic acids is 1. The lowest BCUT2D eigenvalue weighted by molar-refractivity contribution is -0.140. The molecule has 0 aromatic rings. The Morgan fingerprint density at radius 2 is 1.71 bits per heavy atom. The van der Waals surface area contributed by atoms with Gasteiger partial charge in [0.05, 0.1) is 6.42 Å². The highest BCUT2D eigenvalue weighted by Crippen LogP contribution is 2.43. The van der Waals surface area contributed by atoms with Crippen LogP contribution >= 0.6 is 0 Å². The second-order valence-electron chi connectivity index (χ2n) is 6.71. The van der Waals surface area contributed by atoms with E-state index in [4.69, 9.17) is 5.11 Å². The molecule has 21 heavy (non-hydrogen) atoms. The van der Waals surface area contributed by atoms with E-state index in [1.165, 1.54) is 25.9 Å². The molecule has 1 saturated carbocycles. The van der Waals surface area contributed by atoms with E-state index in [0.717, 1.165) is 38.6 Å². The van der Waals surface area contributed by atoms with Crippen LogP contribution in [0.4, 0.5) is 0 Å². The van der Waals surface area contributed by atoms with Gasteiger partial charge in [0.1, 0.15) is 0 Å². The number of likely N-dealkylation sites (tertiary alicyclic amines) is 1. The van der Waals surface area contributed by atoms with Crippen LogP contribution < -0.4 is 5.32 Å². The maximum atomic E-state index is 12.1. The lowest BCUT2D eigenvalue weighted by atomic mass is 9.79. The first-order valence-corrected chi connectivity index (χ1v) is 8.31. The van der Waals surface area contributed by atoms with E-state index in [-0.39, 0.29) is 17.7 Å². The van der Waals surface area contributed by atoms with E-state index in [1.54, 1.807) is 0 Å². The highest BCUT2D eigenvalue weighted by Gasteiger charge is 2.37. The molecule has 5 nitrogen and oxygen atoms in total. The molecule has 1 amide bonds. The minimum Gasteiger partial charge on any atom is -0.481 e. The topological polar surface area (TPSA) is 69.6 Å². The van der Waals surface area contributed by atoms with Crippen LogP contribution in [-0.2, 0) is 9.59 Å². The molecule has 0 spiro atoms. The first kappa shape index (κ1) is 16.3. The second-order valence-corrected chi connectivity index (χ2v) is 6.71. The summed E-state index contributed by atoms with van der Waals surface area (Å²) in [5, 5.41) is 12.0. The molecule has 0 bridgehead atoms. The first-order valence-electron chi connectivity index (χ1n) is 8.31. The Hall–Kier alpha value is -1.10. The zero-order chi connectivity index (χ0) is 15.1. The SMILES string of the molecule is O=C(O)CC1(CC(=O)NCCCN2CCCC2)CCCC1. The quantitative estimate of drug-likeness (QED) is 0.672. The summed E-state index contributed by atoms with van der Waals surface area (Å²) in [6, 6.07) is 0. The average molecular weight is 296 g/mol. The Morgan fingerprint density at radius 1 is 1.05 bits per heavy atom. The molecule has 0 aromatic carbocycles. The summed E-state index contributed by atoms with van der Waals surface area (Å²) < 4.78 is 0. The molecule has 2 N–H and O–H groups in total. The zero-order valence-corrected chi connectivity index (χ0v) is 12.9. The molecule has 0 radical (unpaired) electrons. The molecule has 5 heteroatoms. The number of nitrogens with zero attached hydrogens (tertiary/aromatic N) is 1. The average Bonchev–Trinajstić information content (AvgIpc) is 3.06. The van der Waals surface area contributed by atoms with Crippen molar-refractivity contribution in [2.24, 2.45) is 5.41 Å². The summed E-state index contributed by atoms with van der Waals surface area (Å²) in [4.78, 5) is 25.5. The van der Waals surface area contributed by atoms with Gasteiger partial charge in [0.2, 0.25) is 5.91 Å². The molecule has 2 aliphatic rings. The molecular weight excluding hydrogens is 268 g/mol. The summed E-state index contributed by atoms with van der Waals surface area (Å²) >= 11 is 0. The van der Waals surface area contributed by atoms with Gasteiger partial charge in [-0.2, -0.15) is 0 Å². The molecule has 1 aliphatic heterocycles. The monoisotopic (exact) mass is 296 g/mol. The number of amides is 1. The van der Waals surface area contributed by atoms with Crippen LogP contribution in [0.5, 0.6) is 0 Å². The number of hydrogen-bond donors (Lipinski definition) is 2. The molecule has 0 aromatic heterocycles. The van der Waals surface area contributed by atoms with Crippen LogP contribution in [0, 0.1) is 5.41 Å². The van der Waals surface area contributed by atoms with Gasteiger partial charge in [0, 0.05) is 13.0 Å². The predicted molar refractivity (Wildman–Crippen MR) is 81.1 cm³/mol. The largest absolute Gasteiger partial charge is 0.481 e. The van der Waals surface area contributed by atoms with Crippen LogP contribution in [0.25, 0.3) is 0 Å². The van der Waals surface area contributed by atoms with Gasteiger partial charge in [-0.05, 0) is 57.2 Å². The highest BCUT2D eigenvalue weighted by molar-refractivity contribution is 5.78. The third-order valence-electron chi connectivity index (χ3n) is 4.90. The summed E-state index contributed by atoms with van der Waals surface area (Å²) in [6.45, 7) is 4.14. The molecule has 2 rings (SSSR count). The molecule has 1 aliphatic carbocycles. The van der Waals surface area contributed by atoms with Crippen molar-refractivity contribution in [2.75, 3.05) is 26.2 Å². The van der Waals surface area contributed by atoms with Gasteiger partial charge in [-0.15, -0.1) is 0 Å². The van der Waals surface area contributed by atoms with E-state index in [2.05, 4.69) is 10.2 Å². The van der Waals surface area contributed by atoms with E-state index < -0.39 is 5.97 Å². The number of rotatable bonds is 8. The third-order valence-corrected chi connectivity index (χ3v) is 4.90. The number of carboxylic acid groups (broad SMARTS) is 1. The molecule has 0 atom stereocenters. The maximum Gasteiger partial charge on any atom is 0.303 e. The van der Waals surface area contributed by atoms with E-state index in [1.807, 2.05) is 0 Å². The number of hydrogen-bond acceptors (Lipinski definition) is 3. The summed E-state index contributed by atoms with van der Waals surface area (Å²) in [6.07, 6.45) is 7.94. The van der Waals surface area contributed by atoms with Gasteiger partial charge in [-0.1, -0.05) is 12.8 Å². The van der Waals surface area contributed by atoms with Gasteiger partial charge < -0.3 is 15.3 Å². The van der Waals surface area contributed by atoms with Crippen molar-refractivity contribution in [1.29, 1.82) is 0 Å². The molecule has 1 heterocycles. The van der Waals surface area contributed by atoms with Crippen molar-refractivity contribution in [1.82, 2.24) is 10.2 Å². The Balaban J connectivity index is 1.66. The number of carbonyl (C=O) groups excluding carboxylic acids is 1. The summed E-state index contributed by atoms with van der Waals surface area (Å²) in [5.74, 6) is -0.752. The highest BCUT2D eigenvalue weighted by atomic mass is 16.4. The third kappa shape index (κ3) is 5.30. The van der Waals surface area contributed by atoms with Crippen LogP contribution in [0.1, 0.15) is 57.8 Å². The van der Waals surface area contributed by atoms with Crippen molar-refractivity contribution in [2.45, 2.75) is 57.8 Å². The van der Waals surface area contributed by atoms with E-state index >= 15 is 0 Å². The first-order chi connectivity index (χ1) is 10.1. The van der Waals surface area contributed by atoms with Gasteiger partial charge in [-0.3, -0.25) is 9.59 Å². The second kappa shape index (κ2) is 7.78. The molecule has 0 unspecified atom stereocenters. The van der Waals surface area contributed by atoms with Crippen molar-refractivity contribution in [3.05, 3.63) is 0 Å². The fourth-order valence-electron chi connectivity index (χ4n) is 3.80. The Kier molecular flexibility index (Phi) is 6.03. The standard InChI is InChI=1S/C16H28N2O3/c19-14(17-8-5-11-18-9-3-4-10-18)12-16(13-15(20)21)6-1-2-7-16/h1-13H2,(H,17,19)(H,20,21). The Labute approximate surface area is 127 Å². The number of carboxylic acids is 1. The van der Waals surface area contributed by atoms with Crippen molar-refractivity contribution in [3.63, 3.8) is 0 Å². The Bertz CT molecular complexity index is 359. The number of carbonyl (C=O) groups is 2. The predicted octanol–water partition coefficient (Wildman–Crippen LogP) is 2.01. The van der Waals surface area contributed by atoms with Crippen LogP contribution in [0.3, 0.4) is 0 Å². The fourth-order valence-corrected chi connectivity index (χ4v) is 3.80. The van der Waals surface area contributed by atoms with Crippen molar-refractivity contribution < 1.29 is 14.7 Å². The van der Waals surface area contributed by atoms with Gasteiger partial charge in [-0.25, -0.2) is 0 Å². The molecule has 1 saturated heterocycles. The van der Waals surface area contributed by atoms with Gasteiger partial charge in [0.25, 0.3) is 0 Å². The van der Waals surface area contributed by atoms with Gasteiger partial charge in [0.15, 0.2) is 0 Å². The fraction of sp³-hybridized carbons (Fsp3) is 0.875. The smallest absolute Gasteiger partial charge is 0.303 e. The lowest BCUT2D eigenvalue weighted by Gasteiger charge is -2.26. The van der Waals surface area contributed by atoms with Crippen molar-refractivity contribution >= 4 is 11.9 Å². The molecule has 2 fully saturated rings. The lowest BCUT2D eigenvalue weighted by Crippen LogP contribution is -2.33. The van der Waals surface area contributed by atoms with Gasteiger partial charge >= 0.3 is 5.97 Å². The van der Waals surface area contributed by atoms with Crippen LogP contribution in [0.15, 0.2) is 0 Å². The zero-order valence-electron chi connectivity index (χ0n) is 12.9. The minimum atomic E-state index is -0.779. The van der Waals surface area contributed by atoms with E-state index in [9.17, 15) is 9.59 Å². The molecular formula is C16H28N2O3. The van der Waals surface area contributed by atoms with Crippen LogP contribution in [-0.4, -0.2) is 48.1 Å². The van der Waals surface area contributed by atoms with Crippen LogP contribution in [0.2, 0.25) is 0 Å². The summed E-state index contributed by atoms with van der Waals surface area (Å²) in [5.41, 5.74) is -0.287. The maximum absolute atomic E-state index is 12.1. The van der Waals surface area contributed by atoms with Crippen molar-refractivity contribution in [3.8, 4) is 0 Å². The normalized spacial score (nSPS) is 21.5.